The largest absolute Gasteiger partial charge is 0.385 e. The van der Waals surface area contributed by atoms with E-state index in [1.54, 1.807) is 0 Å². The molecule has 1 unspecified atom stereocenters. The number of rotatable bonds is 5. The Kier molecular flexibility index (Phi) is 5.12. The van der Waals surface area contributed by atoms with Crippen molar-refractivity contribution in [2.24, 2.45) is 0 Å². The Bertz CT molecular complexity index is 637. The summed E-state index contributed by atoms with van der Waals surface area (Å²) < 4.78 is 2.77. The number of benzene rings is 1. The minimum Gasteiger partial charge on any atom is -0.385 e. The zero-order valence-corrected chi connectivity index (χ0v) is 14.9. The summed E-state index contributed by atoms with van der Waals surface area (Å²) in [6.45, 7) is 6.60. The second-order valence-electron chi connectivity index (χ2n) is 5.31. The van der Waals surface area contributed by atoms with Crippen LogP contribution in [0, 0.1) is 0 Å². The Hall–Kier alpha value is -0.840. The summed E-state index contributed by atoms with van der Waals surface area (Å²) in [6, 6.07) is 7.71. The number of nitrogens with zero attached hydrogens (tertiary/aromatic N) is 2. The van der Waals surface area contributed by atoms with Crippen LogP contribution in [0.3, 0.4) is 0 Å². The molecular weight excluding hydrogens is 352 g/mol. The van der Waals surface area contributed by atoms with Crippen molar-refractivity contribution in [3.8, 4) is 0 Å². The molecule has 1 heterocycles. The van der Waals surface area contributed by atoms with Gasteiger partial charge >= 0.3 is 0 Å². The van der Waals surface area contributed by atoms with Gasteiger partial charge in [0.25, 0.3) is 0 Å². The molecule has 1 aromatic heterocycles. The Labute approximate surface area is 139 Å². The zero-order chi connectivity index (χ0) is 15.6. The van der Waals surface area contributed by atoms with E-state index >= 15 is 0 Å². The number of aryl methyl sites for hydroxylation is 2. The Morgan fingerprint density at radius 2 is 2.00 bits per heavy atom. The van der Waals surface area contributed by atoms with Crippen LogP contribution >= 0.6 is 27.5 Å². The fourth-order valence-electron chi connectivity index (χ4n) is 2.51. The van der Waals surface area contributed by atoms with Crippen LogP contribution in [0.1, 0.15) is 37.7 Å². The first-order chi connectivity index (χ1) is 9.90. The molecule has 1 N–H and O–H groups in total. The van der Waals surface area contributed by atoms with Crippen molar-refractivity contribution in [1.29, 1.82) is 0 Å². The van der Waals surface area contributed by atoms with Crippen LogP contribution in [-0.4, -0.2) is 14.9 Å². The summed E-state index contributed by atoms with van der Waals surface area (Å²) in [5.41, 5.74) is 1.61. The summed E-state index contributed by atoms with van der Waals surface area (Å²) in [6.07, 6.45) is 1.21. The molecule has 3 nitrogen and oxygen atoms in total. The van der Waals surface area contributed by atoms with Gasteiger partial charge in [0, 0.05) is 17.4 Å². The normalized spacial score (nSPS) is 14.2. The highest BCUT2D eigenvalue weighted by molar-refractivity contribution is 9.10. The minimum absolute atomic E-state index is 0.426. The number of aromatic nitrogens is 2. The lowest BCUT2D eigenvalue weighted by Crippen LogP contribution is -2.26. The second kappa shape index (κ2) is 6.51. The van der Waals surface area contributed by atoms with Crippen LogP contribution in [0.5, 0.6) is 0 Å². The van der Waals surface area contributed by atoms with Gasteiger partial charge in [-0.2, -0.15) is 5.10 Å². The van der Waals surface area contributed by atoms with Crippen molar-refractivity contribution in [3.63, 3.8) is 0 Å². The average molecular weight is 372 g/mol. The summed E-state index contributed by atoms with van der Waals surface area (Å²) in [5.74, 6) is 0. The molecule has 5 heteroatoms. The third-order valence-electron chi connectivity index (χ3n) is 3.66. The molecule has 0 bridgehead atoms. The molecule has 0 aliphatic carbocycles. The van der Waals surface area contributed by atoms with Gasteiger partial charge < -0.3 is 5.11 Å². The highest BCUT2D eigenvalue weighted by atomic mass is 79.9. The molecule has 0 fully saturated rings. The zero-order valence-electron chi connectivity index (χ0n) is 12.5. The molecule has 0 saturated heterocycles. The van der Waals surface area contributed by atoms with Gasteiger partial charge in [-0.1, -0.05) is 52.7 Å². The molecule has 21 heavy (non-hydrogen) atoms. The van der Waals surface area contributed by atoms with Gasteiger partial charge in [0.2, 0.25) is 0 Å². The predicted octanol–water partition coefficient (Wildman–Crippen LogP) is 4.33. The molecule has 0 spiro atoms. The minimum atomic E-state index is -1.01. The molecule has 1 aromatic carbocycles. The molecule has 0 amide bonds. The van der Waals surface area contributed by atoms with Crippen LogP contribution in [0.15, 0.2) is 28.7 Å². The lowest BCUT2D eigenvalue weighted by Gasteiger charge is -2.25. The molecular formula is C16H20BrClN2O. The van der Waals surface area contributed by atoms with Crippen LogP contribution < -0.4 is 0 Å². The van der Waals surface area contributed by atoms with Gasteiger partial charge in [-0.15, -0.1) is 0 Å². The van der Waals surface area contributed by atoms with Crippen LogP contribution in [0.25, 0.3) is 0 Å². The highest BCUT2D eigenvalue weighted by Crippen LogP contribution is 2.34. The summed E-state index contributed by atoms with van der Waals surface area (Å²) in [4.78, 5) is 0. The highest BCUT2D eigenvalue weighted by Gasteiger charge is 2.29. The molecule has 2 rings (SSSR count). The average Bonchev–Trinajstić information content (AvgIpc) is 2.75. The van der Waals surface area contributed by atoms with Gasteiger partial charge in [-0.05, 0) is 31.9 Å². The molecule has 0 aliphatic heterocycles. The first-order valence-electron chi connectivity index (χ1n) is 7.12. The summed E-state index contributed by atoms with van der Waals surface area (Å²) in [7, 11) is 0. The maximum atomic E-state index is 10.9. The maximum Gasteiger partial charge on any atom is 0.0935 e. The molecule has 2 aromatic rings. The fourth-order valence-corrected chi connectivity index (χ4v) is 3.55. The molecule has 0 radical (unpaired) electrons. The predicted molar refractivity (Wildman–Crippen MR) is 89.7 cm³/mol. The third kappa shape index (κ3) is 3.33. The van der Waals surface area contributed by atoms with Gasteiger partial charge in [-0.25, -0.2) is 0 Å². The van der Waals surface area contributed by atoms with Gasteiger partial charge in [-0.3, -0.25) is 4.68 Å². The van der Waals surface area contributed by atoms with Crippen molar-refractivity contribution in [3.05, 3.63) is 50.7 Å². The van der Waals surface area contributed by atoms with Crippen molar-refractivity contribution < 1.29 is 5.11 Å². The molecule has 114 valence electrons. The van der Waals surface area contributed by atoms with E-state index in [9.17, 15) is 5.11 Å². The maximum absolute atomic E-state index is 10.9. The van der Waals surface area contributed by atoms with Crippen molar-refractivity contribution in [2.45, 2.75) is 45.8 Å². The van der Waals surface area contributed by atoms with Crippen molar-refractivity contribution in [1.82, 2.24) is 9.78 Å². The first kappa shape index (κ1) is 16.5. The number of aliphatic hydroxyl groups is 1. The van der Waals surface area contributed by atoms with E-state index in [0.29, 0.717) is 11.4 Å². The Balaban J connectivity index is 2.41. The number of halogens is 2. The summed E-state index contributed by atoms with van der Waals surface area (Å²) in [5, 5.41) is 16.1. The van der Waals surface area contributed by atoms with E-state index in [2.05, 4.69) is 21.0 Å². The van der Waals surface area contributed by atoms with Crippen molar-refractivity contribution >= 4 is 27.5 Å². The molecule has 0 aliphatic rings. The number of hydrogen-bond donors (Lipinski definition) is 1. The Morgan fingerprint density at radius 1 is 1.33 bits per heavy atom. The fraction of sp³-hybridized carbons (Fsp3) is 0.438. The van der Waals surface area contributed by atoms with Crippen LogP contribution in [0.4, 0.5) is 0 Å². The topological polar surface area (TPSA) is 38.0 Å². The van der Waals surface area contributed by atoms with Gasteiger partial charge in [0.05, 0.1) is 22.0 Å². The van der Waals surface area contributed by atoms with E-state index in [1.807, 2.05) is 49.7 Å². The van der Waals surface area contributed by atoms with E-state index in [-0.39, 0.29) is 0 Å². The monoisotopic (exact) mass is 370 g/mol. The van der Waals surface area contributed by atoms with Gasteiger partial charge in [0.15, 0.2) is 0 Å². The lowest BCUT2D eigenvalue weighted by molar-refractivity contribution is 0.0547. The van der Waals surface area contributed by atoms with Crippen LogP contribution in [0.2, 0.25) is 5.02 Å². The van der Waals surface area contributed by atoms with E-state index in [4.69, 9.17) is 11.6 Å². The van der Waals surface area contributed by atoms with Crippen molar-refractivity contribution in [2.75, 3.05) is 0 Å². The smallest absolute Gasteiger partial charge is 0.0935 e. The lowest BCUT2D eigenvalue weighted by atomic mass is 9.91. The van der Waals surface area contributed by atoms with E-state index < -0.39 is 5.60 Å². The second-order valence-corrected chi connectivity index (χ2v) is 6.54. The Morgan fingerprint density at radius 3 is 2.57 bits per heavy atom. The SMILES string of the molecule is CCc1nn(CC)c(CC(C)(O)c2ccccc2Br)c1Cl. The number of hydrogen-bond acceptors (Lipinski definition) is 2. The molecule has 1 atom stereocenters. The summed E-state index contributed by atoms with van der Waals surface area (Å²) >= 11 is 9.94. The van der Waals surface area contributed by atoms with Crippen LogP contribution in [-0.2, 0) is 25.0 Å². The van der Waals surface area contributed by atoms with E-state index in [1.165, 1.54) is 0 Å². The first-order valence-corrected chi connectivity index (χ1v) is 8.29. The standard InChI is InChI=1S/C16H20BrClN2O/c1-4-13-15(18)14(20(5-2)19-13)10-16(3,21)11-8-6-7-9-12(11)17/h6-9,21H,4-5,10H2,1-3H3. The molecule has 0 saturated carbocycles. The third-order valence-corrected chi connectivity index (χ3v) is 4.79. The quantitative estimate of drug-likeness (QED) is 0.849. The van der Waals surface area contributed by atoms with Gasteiger partial charge in [0.1, 0.15) is 0 Å². The van der Waals surface area contributed by atoms with E-state index in [0.717, 1.165) is 34.4 Å².